The molecule has 110 valence electrons. The second kappa shape index (κ2) is 5.87. The minimum absolute atomic E-state index is 0.224. The van der Waals surface area contributed by atoms with Crippen molar-refractivity contribution in [3.63, 3.8) is 0 Å². The van der Waals surface area contributed by atoms with Crippen LogP contribution in [-0.2, 0) is 0 Å². The number of carbonyl (C=O) groups excluding carboxylic acids is 1. The van der Waals surface area contributed by atoms with Gasteiger partial charge in [-0.2, -0.15) is 0 Å². The molecule has 3 N–H and O–H groups in total. The molecule has 3 nitrogen and oxygen atoms in total. The summed E-state index contributed by atoms with van der Waals surface area (Å²) >= 11 is 0. The van der Waals surface area contributed by atoms with Crippen LogP contribution in [0.3, 0.4) is 0 Å². The number of halogens is 2. The van der Waals surface area contributed by atoms with Crippen LogP contribution >= 0.6 is 0 Å². The maximum absolute atomic E-state index is 13.7. The van der Waals surface area contributed by atoms with E-state index < -0.39 is 23.1 Å². The number of amides is 1. The predicted octanol–water partition coefficient (Wildman–Crippen LogP) is 2.60. The molecule has 1 aliphatic rings. The van der Waals surface area contributed by atoms with Crippen LogP contribution in [0.25, 0.3) is 0 Å². The van der Waals surface area contributed by atoms with E-state index in [1.807, 2.05) is 6.92 Å². The van der Waals surface area contributed by atoms with Gasteiger partial charge in [-0.1, -0.05) is 25.8 Å². The molecule has 1 fully saturated rings. The molecular formula is C15H20F2N2O. The summed E-state index contributed by atoms with van der Waals surface area (Å²) in [5.74, 6) is -2.50. The average Bonchev–Trinajstić information content (AvgIpc) is 2.44. The van der Waals surface area contributed by atoms with Gasteiger partial charge in [-0.15, -0.1) is 0 Å². The first kappa shape index (κ1) is 14.9. The van der Waals surface area contributed by atoms with Gasteiger partial charge in [-0.05, 0) is 30.9 Å². The number of carbonyl (C=O) groups is 1. The number of benzene rings is 1. The van der Waals surface area contributed by atoms with Crippen LogP contribution in [0.15, 0.2) is 18.2 Å². The number of nitrogens with two attached hydrogens (primary N) is 1. The van der Waals surface area contributed by atoms with Crippen molar-refractivity contribution in [3.05, 3.63) is 35.4 Å². The fourth-order valence-corrected chi connectivity index (χ4v) is 2.93. The Bertz CT molecular complexity index is 507. The highest BCUT2D eigenvalue weighted by Gasteiger charge is 2.38. The lowest BCUT2D eigenvalue weighted by Gasteiger charge is -2.42. The first-order valence-electron chi connectivity index (χ1n) is 6.97. The smallest absolute Gasteiger partial charge is 0.254 e. The second-order valence-electron chi connectivity index (χ2n) is 5.56. The third-order valence-corrected chi connectivity index (χ3v) is 4.38. The predicted molar refractivity (Wildman–Crippen MR) is 73.2 cm³/mol. The Labute approximate surface area is 117 Å². The summed E-state index contributed by atoms with van der Waals surface area (Å²) in [6.45, 7) is 2.34. The molecule has 2 atom stereocenters. The van der Waals surface area contributed by atoms with Gasteiger partial charge in [-0.3, -0.25) is 4.79 Å². The van der Waals surface area contributed by atoms with Crippen molar-refractivity contribution in [2.75, 3.05) is 6.54 Å². The normalized spacial score (nSPS) is 26.3. The van der Waals surface area contributed by atoms with Gasteiger partial charge in [0, 0.05) is 6.54 Å². The van der Waals surface area contributed by atoms with Crippen LogP contribution in [0.1, 0.15) is 43.0 Å². The third-order valence-electron chi connectivity index (χ3n) is 4.38. The number of hydrogen-bond acceptors (Lipinski definition) is 2. The minimum Gasteiger partial charge on any atom is -0.345 e. The molecule has 2 unspecified atom stereocenters. The molecule has 0 bridgehead atoms. The minimum atomic E-state index is -1.11. The fourth-order valence-electron chi connectivity index (χ4n) is 2.93. The van der Waals surface area contributed by atoms with Crippen molar-refractivity contribution < 1.29 is 13.6 Å². The summed E-state index contributed by atoms with van der Waals surface area (Å²) in [7, 11) is 0. The molecule has 0 radical (unpaired) electrons. The Balaban J connectivity index is 2.23. The summed E-state index contributed by atoms with van der Waals surface area (Å²) in [5, 5.41) is 2.85. The quantitative estimate of drug-likeness (QED) is 0.895. The van der Waals surface area contributed by atoms with E-state index in [-0.39, 0.29) is 11.5 Å². The van der Waals surface area contributed by atoms with Crippen LogP contribution in [0.2, 0.25) is 0 Å². The summed E-state index contributed by atoms with van der Waals surface area (Å²) < 4.78 is 26.9. The molecule has 0 aromatic heterocycles. The van der Waals surface area contributed by atoms with Gasteiger partial charge in [0.25, 0.3) is 5.91 Å². The van der Waals surface area contributed by atoms with Crippen molar-refractivity contribution in [1.82, 2.24) is 5.32 Å². The molecule has 0 heterocycles. The molecule has 20 heavy (non-hydrogen) atoms. The lowest BCUT2D eigenvalue weighted by atomic mass is 9.73. The SMILES string of the molecule is CC1CCCCC1(CN)NC(=O)c1cccc(F)c1F. The van der Waals surface area contributed by atoms with Crippen molar-refractivity contribution in [1.29, 1.82) is 0 Å². The van der Waals surface area contributed by atoms with Gasteiger partial charge in [0.15, 0.2) is 11.6 Å². The number of hydrogen-bond donors (Lipinski definition) is 2. The van der Waals surface area contributed by atoms with Gasteiger partial charge in [0.2, 0.25) is 0 Å². The van der Waals surface area contributed by atoms with E-state index >= 15 is 0 Å². The maximum Gasteiger partial charge on any atom is 0.254 e. The van der Waals surface area contributed by atoms with Crippen LogP contribution < -0.4 is 11.1 Å². The number of nitrogens with one attached hydrogen (secondary N) is 1. The zero-order chi connectivity index (χ0) is 14.8. The Hall–Kier alpha value is -1.49. The molecule has 1 amide bonds. The van der Waals surface area contributed by atoms with Crippen molar-refractivity contribution >= 4 is 5.91 Å². The van der Waals surface area contributed by atoms with Crippen molar-refractivity contribution in [3.8, 4) is 0 Å². The highest BCUT2D eigenvalue weighted by Crippen LogP contribution is 2.33. The van der Waals surface area contributed by atoms with Gasteiger partial charge < -0.3 is 11.1 Å². The molecular weight excluding hydrogens is 262 g/mol. The lowest BCUT2D eigenvalue weighted by Crippen LogP contribution is -2.59. The maximum atomic E-state index is 13.7. The fraction of sp³-hybridized carbons (Fsp3) is 0.533. The molecule has 1 saturated carbocycles. The monoisotopic (exact) mass is 282 g/mol. The first-order chi connectivity index (χ1) is 9.50. The van der Waals surface area contributed by atoms with E-state index in [0.29, 0.717) is 6.54 Å². The Morgan fingerprint density at radius 2 is 2.20 bits per heavy atom. The molecule has 5 heteroatoms. The van der Waals surface area contributed by atoms with Gasteiger partial charge in [0.05, 0.1) is 11.1 Å². The largest absolute Gasteiger partial charge is 0.345 e. The van der Waals surface area contributed by atoms with Gasteiger partial charge >= 0.3 is 0 Å². The Kier molecular flexibility index (Phi) is 4.38. The molecule has 1 aromatic rings. The van der Waals surface area contributed by atoms with E-state index in [9.17, 15) is 13.6 Å². The molecule has 1 aromatic carbocycles. The van der Waals surface area contributed by atoms with E-state index in [2.05, 4.69) is 5.32 Å². The zero-order valence-corrected chi connectivity index (χ0v) is 11.6. The average molecular weight is 282 g/mol. The standard InChI is InChI=1S/C15H20F2N2O/c1-10-5-2-3-8-15(10,9-18)19-14(20)11-6-4-7-12(16)13(11)17/h4,6-7,10H,2-3,5,8-9,18H2,1H3,(H,19,20). The zero-order valence-electron chi connectivity index (χ0n) is 11.6. The highest BCUT2D eigenvalue weighted by atomic mass is 19.2. The van der Waals surface area contributed by atoms with Crippen molar-refractivity contribution in [2.45, 2.75) is 38.1 Å². The van der Waals surface area contributed by atoms with Crippen molar-refractivity contribution in [2.24, 2.45) is 11.7 Å². The third kappa shape index (κ3) is 2.68. The summed E-state index contributed by atoms with van der Waals surface area (Å²) in [6.07, 6.45) is 3.83. The van der Waals surface area contributed by atoms with Crippen LogP contribution in [0, 0.1) is 17.6 Å². The van der Waals surface area contributed by atoms with Crippen LogP contribution in [-0.4, -0.2) is 18.0 Å². The Morgan fingerprint density at radius 3 is 2.85 bits per heavy atom. The summed E-state index contributed by atoms with van der Waals surface area (Å²) in [6, 6.07) is 3.60. The molecule has 0 spiro atoms. The van der Waals surface area contributed by atoms with Crippen LogP contribution in [0.4, 0.5) is 8.78 Å². The highest BCUT2D eigenvalue weighted by molar-refractivity contribution is 5.95. The second-order valence-corrected chi connectivity index (χ2v) is 5.56. The van der Waals surface area contributed by atoms with Crippen LogP contribution in [0.5, 0.6) is 0 Å². The van der Waals surface area contributed by atoms with E-state index in [4.69, 9.17) is 5.73 Å². The lowest BCUT2D eigenvalue weighted by molar-refractivity contribution is 0.0807. The summed E-state index contributed by atoms with van der Waals surface area (Å²) in [4.78, 5) is 12.2. The molecule has 0 aliphatic heterocycles. The van der Waals surface area contributed by atoms with E-state index in [1.54, 1.807) is 0 Å². The summed E-state index contributed by atoms with van der Waals surface area (Å²) in [5.41, 5.74) is 5.05. The molecule has 0 saturated heterocycles. The van der Waals surface area contributed by atoms with E-state index in [1.165, 1.54) is 12.1 Å². The number of rotatable bonds is 3. The van der Waals surface area contributed by atoms with E-state index in [0.717, 1.165) is 31.7 Å². The van der Waals surface area contributed by atoms with Gasteiger partial charge in [-0.25, -0.2) is 8.78 Å². The molecule has 2 rings (SSSR count). The topological polar surface area (TPSA) is 55.1 Å². The molecule has 1 aliphatic carbocycles. The Morgan fingerprint density at radius 1 is 1.45 bits per heavy atom. The van der Waals surface area contributed by atoms with Gasteiger partial charge in [0.1, 0.15) is 0 Å². The first-order valence-corrected chi connectivity index (χ1v) is 6.97.